The average Bonchev–Trinajstić information content (AvgIpc) is 3.77. The Hall–Kier alpha value is -6.92. The molecule has 6 heterocycles. The highest BCUT2D eigenvalue weighted by Crippen LogP contribution is 2.30. The Balaban J connectivity index is 0.744. The molecule has 72 heavy (non-hydrogen) atoms. The van der Waals surface area contributed by atoms with Gasteiger partial charge in [0.2, 0.25) is 23.8 Å². The number of imidazole rings is 1. The molecule has 2 aliphatic rings. The van der Waals surface area contributed by atoms with Crippen molar-refractivity contribution in [3.63, 3.8) is 0 Å². The minimum absolute atomic E-state index is 0.0210. The van der Waals surface area contributed by atoms with Gasteiger partial charge in [-0.1, -0.05) is 44.2 Å². The summed E-state index contributed by atoms with van der Waals surface area (Å²) < 4.78 is 92.3. The first-order valence-corrected chi connectivity index (χ1v) is 25.4. The third kappa shape index (κ3) is 12.4. The molecule has 2 saturated heterocycles. The van der Waals surface area contributed by atoms with Crippen LogP contribution >= 0.6 is 0 Å². The number of unbranched alkanes of at least 4 members (excludes halogenated alkanes) is 6. The number of nitrogens with zero attached hydrogens (tertiary/aromatic N) is 10. The maximum absolute atomic E-state index is 15.7. The summed E-state index contributed by atoms with van der Waals surface area (Å²) >= 11 is 0. The number of amides is 2. The van der Waals surface area contributed by atoms with E-state index in [0.717, 1.165) is 44.7 Å². The summed E-state index contributed by atoms with van der Waals surface area (Å²) in [6.07, 6.45) is 4.60. The smallest absolute Gasteiger partial charge is 0.414 e. The Morgan fingerprint density at radius 3 is 2.22 bits per heavy atom. The summed E-state index contributed by atoms with van der Waals surface area (Å²) in [5, 5.41) is 0.548. The first kappa shape index (κ1) is 51.4. The summed E-state index contributed by atoms with van der Waals surface area (Å²) in [7, 11) is -1.09. The highest BCUT2D eigenvalue weighted by atomic mass is 32.2. The number of alkyl halides is 2. The number of aromatic nitrogens is 6. The normalized spacial score (nSPS) is 14.4. The minimum Gasteiger partial charge on any atom is -0.422 e. The molecule has 0 atom stereocenters. The Kier molecular flexibility index (Phi) is 16.5. The van der Waals surface area contributed by atoms with Gasteiger partial charge in [0.1, 0.15) is 17.0 Å². The van der Waals surface area contributed by atoms with Gasteiger partial charge in [-0.25, -0.2) is 27.7 Å². The molecular weight excluding hydrogens is 962 g/mol. The fraction of sp³-hybridized carbons (Fsp3) is 0.458. The maximum Gasteiger partial charge on any atom is 0.414 e. The number of piperazine rings is 1. The van der Waals surface area contributed by atoms with Crippen LogP contribution in [0.2, 0.25) is 0 Å². The van der Waals surface area contributed by atoms with Crippen molar-refractivity contribution in [2.24, 2.45) is 0 Å². The number of halogens is 3. The number of hydrogen-bond donors (Lipinski definition) is 2. The molecule has 384 valence electrons. The van der Waals surface area contributed by atoms with Crippen molar-refractivity contribution in [2.75, 3.05) is 87.6 Å². The van der Waals surface area contributed by atoms with E-state index in [4.69, 9.17) is 18.9 Å². The van der Waals surface area contributed by atoms with Gasteiger partial charge in [-0.2, -0.15) is 28.1 Å². The number of fused-ring (bicyclic) bond motifs is 2. The molecule has 0 unspecified atom stereocenters. The summed E-state index contributed by atoms with van der Waals surface area (Å²) in [6.45, 7) is 5.65. The number of carbonyl (C=O) groups excluding carboxylic acids is 2. The zero-order valence-electron chi connectivity index (χ0n) is 40.3. The van der Waals surface area contributed by atoms with Crippen molar-refractivity contribution in [3.05, 3.63) is 93.6 Å². The van der Waals surface area contributed by atoms with Gasteiger partial charge in [-0.15, -0.1) is 0 Å². The number of ether oxygens (including phenoxy) is 2. The van der Waals surface area contributed by atoms with Crippen molar-refractivity contribution in [1.29, 1.82) is 0 Å². The van der Waals surface area contributed by atoms with Crippen LogP contribution in [0.25, 0.3) is 28.0 Å². The molecule has 2 N–H and O–H groups in total. The topological polar surface area (TPSA) is 223 Å². The van der Waals surface area contributed by atoms with Crippen LogP contribution in [-0.4, -0.2) is 133 Å². The number of anilines is 3. The highest BCUT2D eigenvalue weighted by Gasteiger charge is 2.28. The van der Waals surface area contributed by atoms with Gasteiger partial charge >= 0.3 is 11.7 Å². The van der Waals surface area contributed by atoms with E-state index in [2.05, 4.69) is 29.4 Å². The number of hydrogen-bond acceptors (Lipinski definition) is 15. The Bertz CT molecular complexity index is 3070. The SMILES string of the molecule is Cc1c(Cc2cncc(NS(=O)(=O)NCCCCCCCCCC(=O)N3CCN(c4nc(N5CCOCC5)nc(-n5c(C(F)F)nc6ccccc65)n4)CC3)c2F)c(=O)oc2cc(OC(=O)N(C)C)ccc12. The van der Waals surface area contributed by atoms with E-state index in [1.54, 1.807) is 43.3 Å². The quantitative estimate of drug-likeness (QED) is 0.0633. The Morgan fingerprint density at radius 1 is 0.847 bits per heavy atom. The molecule has 2 amide bonds. The zero-order chi connectivity index (χ0) is 50.9. The first-order chi connectivity index (χ1) is 34.7. The third-order valence-electron chi connectivity index (χ3n) is 12.5. The minimum atomic E-state index is -4.15. The van der Waals surface area contributed by atoms with Crippen LogP contribution in [-0.2, 0) is 26.2 Å². The largest absolute Gasteiger partial charge is 0.422 e. The fourth-order valence-corrected chi connectivity index (χ4v) is 9.50. The van der Waals surface area contributed by atoms with E-state index in [0.29, 0.717) is 99.2 Å². The molecule has 0 radical (unpaired) electrons. The van der Waals surface area contributed by atoms with Gasteiger partial charge < -0.3 is 33.5 Å². The summed E-state index contributed by atoms with van der Waals surface area (Å²) in [5.74, 6) is -0.363. The van der Waals surface area contributed by atoms with Crippen molar-refractivity contribution in [3.8, 4) is 11.7 Å². The van der Waals surface area contributed by atoms with E-state index in [9.17, 15) is 31.6 Å². The van der Waals surface area contributed by atoms with E-state index in [-0.39, 0.29) is 53.0 Å². The van der Waals surface area contributed by atoms with Gasteiger partial charge in [0.25, 0.3) is 16.6 Å². The van der Waals surface area contributed by atoms with Crippen LogP contribution < -0.4 is 29.6 Å². The van der Waals surface area contributed by atoms with Gasteiger partial charge in [-0.05, 0) is 49.6 Å². The van der Waals surface area contributed by atoms with Crippen LogP contribution in [0.5, 0.6) is 5.75 Å². The molecule has 2 fully saturated rings. The van der Waals surface area contributed by atoms with Crippen LogP contribution in [0.3, 0.4) is 0 Å². The second-order valence-corrected chi connectivity index (χ2v) is 19.3. The summed E-state index contributed by atoms with van der Waals surface area (Å²) in [6, 6.07) is 11.4. The molecule has 0 spiro atoms. The van der Waals surface area contributed by atoms with Gasteiger partial charge in [0.15, 0.2) is 11.6 Å². The molecule has 0 bridgehead atoms. The average molecular weight is 1020 g/mol. The fourth-order valence-electron chi connectivity index (χ4n) is 8.58. The standard InChI is InChI=1S/C48H57F3N12O8S/c1-31-34-17-16-33(70-48(66)59(2)3)28-39(34)71-44(65)35(31)27-32-29-52-30-37(41(32)49)58-72(67,68)53-18-12-8-6-4-5-7-9-15-40(64)60-19-21-61(22-20-60)45-55-46(62-23-25-69-26-24-62)57-47(56-45)63-38-14-11-10-13-36(38)54-43(63)42(50)51/h10-11,13-14,16-17,28-30,42,53,58H,4-9,12,15,18-27H2,1-3H3. The predicted molar refractivity (Wildman–Crippen MR) is 263 cm³/mol. The van der Waals surface area contributed by atoms with E-state index >= 15 is 4.39 Å². The van der Waals surface area contributed by atoms with Crippen molar-refractivity contribution < 1.29 is 45.1 Å². The van der Waals surface area contributed by atoms with E-state index in [1.165, 1.54) is 35.8 Å². The zero-order valence-corrected chi connectivity index (χ0v) is 41.1. The highest BCUT2D eigenvalue weighted by molar-refractivity contribution is 7.90. The second kappa shape index (κ2) is 23.1. The summed E-state index contributed by atoms with van der Waals surface area (Å²) in [5.41, 5.74) is 0.584. The molecular formula is C48H57F3N12O8S. The number of para-hydroxylation sites is 2. The van der Waals surface area contributed by atoms with Crippen LogP contribution in [0.15, 0.2) is 64.1 Å². The Morgan fingerprint density at radius 2 is 1.51 bits per heavy atom. The lowest BCUT2D eigenvalue weighted by Gasteiger charge is -2.35. The summed E-state index contributed by atoms with van der Waals surface area (Å²) in [4.78, 5) is 67.5. The molecule has 0 aliphatic carbocycles. The lowest BCUT2D eigenvalue weighted by atomic mass is 10.00. The number of benzene rings is 2. The van der Waals surface area contributed by atoms with Gasteiger partial charge in [-0.3, -0.25) is 19.1 Å². The molecule has 4 aromatic heterocycles. The van der Waals surface area contributed by atoms with Crippen molar-refractivity contribution in [2.45, 2.75) is 71.1 Å². The number of carbonyl (C=O) groups is 2. The lowest BCUT2D eigenvalue weighted by molar-refractivity contribution is -0.131. The number of rotatable bonds is 20. The molecule has 2 aromatic carbocycles. The van der Waals surface area contributed by atoms with Crippen molar-refractivity contribution in [1.82, 2.24) is 44.0 Å². The molecule has 8 rings (SSSR count). The van der Waals surface area contributed by atoms with Gasteiger partial charge in [0.05, 0.1) is 30.4 Å². The Labute approximate surface area is 413 Å². The number of pyridine rings is 1. The second-order valence-electron chi connectivity index (χ2n) is 17.8. The molecule has 24 heteroatoms. The third-order valence-corrected chi connectivity index (χ3v) is 13.6. The molecule has 0 saturated carbocycles. The lowest BCUT2D eigenvalue weighted by Crippen LogP contribution is -2.49. The molecule has 2 aliphatic heterocycles. The van der Waals surface area contributed by atoms with Gasteiger partial charge in [0, 0.05) is 102 Å². The number of nitrogens with one attached hydrogen (secondary N) is 2. The van der Waals surface area contributed by atoms with Crippen LogP contribution in [0.4, 0.5) is 35.5 Å². The monoisotopic (exact) mass is 1020 g/mol. The van der Waals surface area contributed by atoms with Crippen molar-refractivity contribution >= 4 is 61.8 Å². The molecule has 20 nitrogen and oxygen atoms in total. The number of morpholine rings is 1. The van der Waals surface area contributed by atoms with E-state index < -0.39 is 40.0 Å². The van der Waals surface area contributed by atoms with Crippen LogP contribution in [0.1, 0.15) is 80.3 Å². The first-order valence-electron chi connectivity index (χ1n) is 23.9. The number of aryl methyl sites for hydroxylation is 1. The van der Waals surface area contributed by atoms with Crippen LogP contribution in [0, 0.1) is 12.7 Å². The maximum atomic E-state index is 15.7. The molecule has 6 aromatic rings. The predicted octanol–water partition coefficient (Wildman–Crippen LogP) is 6.30. The van der Waals surface area contributed by atoms with E-state index in [1.807, 2.05) is 14.7 Å².